The van der Waals surface area contributed by atoms with Gasteiger partial charge in [0.1, 0.15) is 0 Å². The van der Waals surface area contributed by atoms with E-state index in [-0.39, 0.29) is 12.5 Å². The third-order valence-corrected chi connectivity index (χ3v) is 4.95. The number of piperidine rings is 1. The fourth-order valence-electron chi connectivity index (χ4n) is 3.55. The first-order valence-electron chi connectivity index (χ1n) is 8.91. The Morgan fingerprint density at radius 3 is 3.04 bits per heavy atom. The number of rotatable bonds is 6. The summed E-state index contributed by atoms with van der Waals surface area (Å²) < 4.78 is 2.17. The van der Waals surface area contributed by atoms with Gasteiger partial charge in [-0.25, -0.2) is 0 Å². The van der Waals surface area contributed by atoms with Crippen LogP contribution in [0.3, 0.4) is 0 Å². The molecule has 3 rings (SSSR count). The van der Waals surface area contributed by atoms with Crippen LogP contribution in [0, 0.1) is 5.92 Å². The summed E-state index contributed by atoms with van der Waals surface area (Å²) >= 11 is 0. The third kappa shape index (κ3) is 3.79. The van der Waals surface area contributed by atoms with Crippen molar-refractivity contribution in [1.82, 2.24) is 14.8 Å². The molecule has 1 fully saturated rings. The van der Waals surface area contributed by atoms with E-state index in [0.717, 1.165) is 49.9 Å². The van der Waals surface area contributed by atoms with Gasteiger partial charge in [0.2, 0.25) is 0 Å². The van der Waals surface area contributed by atoms with E-state index in [2.05, 4.69) is 34.0 Å². The lowest BCUT2D eigenvalue weighted by atomic mass is 9.99. The van der Waals surface area contributed by atoms with Gasteiger partial charge in [0.05, 0.1) is 0 Å². The van der Waals surface area contributed by atoms with E-state index >= 15 is 0 Å². The number of nitrogens with one attached hydrogen (secondary N) is 1. The highest BCUT2D eigenvalue weighted by atomic mass is 16.3. The Morgan fingerprint density at radius 2 is 2.25 bits per heavy atom. The second kappa shape index (κ2) is 7.81. The maximum atomic E-state index is 12.4. The molecule has 1 aliphatic rings. The zero-order valence-electron chi connectivity index (χ0n) is 14.4. The SMILES string of the molecule is CCn1ccc2cc(C(=O)NCCN3CCCC(CO)C3)ccc21. The zero-order chi connectivity index (χ0) is 16.9. The number of aliphatic hydroxyl groups excluding tert-OH is 1. The van der Waals surface area contributed by atoms with Crippen LogP contribution >= 0.6 is 0 Å². The zero-order valence-corrected chi connectivity index (χ0v) is 14.4. The number of aryl methyl sites for hydroxylation is 1. The van der Waals surface area contributed by atoms with E-state index in [4.69, 9.17) is 0 Å². The number of amides is 1. The molecule has 1 unspecified atom stereocenters. The standard InChI is InChI=1S/C19H27N3O2/c1-2-22-10-7-16-12-17(5-6-18(16)22)19(24)20-8-11-21-9-3-4-15(13-21)14-23/h5-7,10,12,15,23H,2-4,8-9,11,13-14H2,1H3,(H,20,24). The van der Waals surface area contributed by atoms with Crippen LogP contribution in [0.15, 0.2) is 30.5 Å². The lowest BCUT2D eigenvalue weighted by Crippen LogP contribution is -2.41. The predicted molar refractivity (Wildman–Crippen MR) is 96.2 cm³/mol. The molecule has 130 valence electrons. The van der Waals surface area contributed by atoms with Crippen molar-refractivity contribution in [2.45, 2.75) is 26.3 Å². The predicted octanol–water partition coefficient (Wildman–Crippen LogP) is 2.10. The maximum Gasteiger partial charge on any atom is 0.251 e. The van der Waals surface area contributed by atoms with E-state index in [0.29, 0.717) is 18.0 Å². The van der Waals surface area contributed by atoms with Gasteiger partial charge < -0.3 is 19.9 Å². The van der Waals surface area contributed by atoms with Crippen LogP contribution in [-0.4, -0.2) is 53.3 Å². The van der Waals surface area contributed by atoms with E-state index in [9.17, 15) is 9.90 Å². The monoisotopic (exact) mass is 329 g/mol. The molecule has 1 aromatic carbocycles. The van der Waals surface area contributed by atoms with Crippen molar-refractivity contribution in [3.05, 3.63) is 36.0 Å². The van der Waals surface area contributed by atoms with Crippen molar-refractivity contribution in [3.8, 4) is 0 Å². The summed E-state index contributed by atoms with van der Waals surface area (Å²) in [5.74, 6) is 0.372. The van der Waals surface area contributed by atoms with Gasteiger partial charge in [0.15, 0.2) is 0 Å². The molecule has 0 spiro atoms. The number of carbonyl (C=O) groups is 1. The normalized spacial score (nSPS) is 18.8. The Bertz CT molecular complexity index is 695. The van der Waals surface area contributed by atoms with Crippen molar-refractivity contribution >= 4 is 16.8 Å². The summed E-state index contributed by atoms with van der Waals surface area (Å²) in [5.41, 5.74) is 1.88. The number of benzene rings is 1. The summed E-state index contributed by atoms with van der Waals surface area (Å²) in [4.78, 5) is 14.7. The first-order chi connectivity index (χ1) is 11.7. The molecule has 2 heterocycles. The molecule has 24 heavy (non-hydrogen) atoms. The van der Waals surface area contributed by atoms with E-state index in [1.165, 1.54) is 0 Å². The first kappa shape index (κ1) is 17.0. The van der Waals surface area contributed by atoms with Gasteiger partial charge in [0, 0.05) is 55.4 Å². The Labute approximate surface area is 143 Å². The van der Waals surface area contributed by atoms with Crippen LogP contribution in [0.25, 0.3) is 10.9 Å². The van der Waals surface area contributed by atoms with Crippen LogP contribution in [0.1, 0.15) is 30.1 Å². The fraction of sp³-hybridized carbons (Fsp3) is 0.526. The van der Waals surface area contributed by atoms with Crippen LogP contribution in [-0.2, 0) is 6.54 Å². The van der Waals surface area contributed by atoms with Crippen molar-refractivity contribution in [2.75, 3.05) is 32.8 Å². The topological polar surface area (TPSA) is 57.5 Å². The van der Waals surface area contributed by atoms with Crippen LogP contribution in [0.2, 0.25) is 0 Å². The maximum absolute atomic E-state index is 12.4. The highest BCUT2D eigenvalue weighted by Crippen LogP contribution is 2.18. The Kier molecular flexibility index (Phi) is 5.53. The molecule has 0 aliphatic carbocycles. The molecule has 0 saturated carbocycles. The van der Waals surface area contributed by atoms with Crippen LogP contribution in [0.5, 0.6) is 0 Å². The van der Waals surface area contributed by atoms with Gasteiger partial charge in [-0.05, 0) is 56.5 Å². The minimum Gasteiger partial charge on any atom is -0.396 e. The van der Waals surface area contributed by atoms with E-state index < -0.39 is 0 Å². The minimum atomic E-state index is -0.0168. The van der Waals surface area contributed by atoms with Crippen molar-refractivity contribution in [1.29, 1.82) is 0 Å². The Balaban J connectivity index is 1.53. The lowest BCUT2D eigenvalue weighted by Gasteiger charge is -2.31. The number of hydrogen-bond acceptors (Lipinski definition) is 3. The first-order valence-corrected chi connectivity index (χ1v) is 8.91. The number of carbonyl (C=O) groups excluding carboxylic acids is 1. The molecule has 2 N–H and O–H groups in total. The lowest BCUT2D eigenvalue weighted by molar-refractivity contribution is 0.0931. The van der Waals surface area contributed by atoms with Gasteiger partial charge >= 0.3 is 0 Å². The van der Waals surface area contributed by atoms with Crippen LogP contribution < -0.4 is 5.32 Å². The molecule has 1 atom stereocenters. The van der Waals surface area contributed by atoms with Gasteiger partial charge in [-0.15, -0.1) is 0 Å². The van der Waals surface area contributed by atoms with E-state index in [1.807, 2.05) is 18.2 Å². The largest absolute Gasteiger partial charge is 0.396 e. The van der Waals surface area contributed by atoms with Crippen LogP contribution in [0.4, 0.5) is 0 Å². The molecule has 1 aromatic heterocycles. The van der Waals surface area contributed by atoms with Gasteiger partial charge in [-0.1, -0.05) is 0 Å². The molecule has 1 saturated heterocycles. The molecule has 0 bridgehead atoms. The Hall–Kier alpha value is -1.85. The highest BCUT2D eigenvalue weighted by molar-refractivity contribution is 5.98. The average molecular weight is 329 g/mol. The molecule has 5 nitrogen and oxygen atoms in total. The minimum absolute atomic E-state index is 0.0168. The molecular weight excluding hydrogens is 302 g/mol. The molecule has 2 aromatic rings. The van der Waals surface area contributed by atoms with Gasteiger partial charge in [0.25, 0.3) is 5.91 Å². The number of aromatic nitrogens is 1. The average Bonchev–Trinajstić information content (AvgIpc) is 3.04. The second-order valence-electron chi connectivity index (χ2n) is 6.62. The number of hydrogen-bond donors (Lipinski definition) is 2. The molecule has 5 heteroatoms. The van der Waals surface area contributed by atoms with Gasteiger partial charge in [-0.2, -0.15) is 0 Å². The van der Waals surface area contributed by atoms with Crippen molar-refractivity contribution < 1.29 is 9.90 Å². The summed E-state index contributed by atoms with van der Waals surface area (Å²) in [6, 6.07) is 7.93. The van der Waals surface area contributed by atoms with E-state index in [1.54, 1.807) is 0 Å². The van der Waals surface area contributed by atoms with Gasteiger partial charge in [-0.3, -0.25) is 4.79 Å². The third-order valence-electron chi connectivity index (χ3n) is 4.95. The molecule has 1 aliphatic heterocycles. The summed E-state index contributed by atoms with van der Waals surface area (Å²) in [5, 5.41) is 13.4. The summed E-state index contributed by atoms with van der Waals surface area (Å²) in [6.45, 7) is 6.79. The summed E-state index contributed by atoms with van der Waals surface area (Å²) in [6.07, 6.45) is 4.29. The number of nitrogens with zero attached hydrogens (tertiary/aromatic N) is 2. The van der Waals surface area contributed by atoms with Crippen molar-refractivity contribution in [2.24, 2.45) is 5.92 Å². The molecule has 0 radical (unpaired) electrons. The second-order valence-corrected chi connectivity index (χ2v) is 6.62. The number of likely N-dealkylation sites (tertiary alicyclic amines) is 1. The Morgan fingerprint density at radius 1 is 1.38 bits per heavy atom. The smallest absolute Gasteiger partial charge is 0.251 e. The number of fused-ring (bicyclic) bond motifs is 1. The number of aliphatic hydroxyl groups is 1. The van der Waals surface area contributed by atoms with Crippen molar-refractivity contribution in [3.63, 3.8) is 0 Å². The molecular formula is C19H27N3O2. The molecule has 1 amide bonds. The fourth-order valence-corrected chi connectivity index (χ4v) is 3.55. The highest BCUT2D eigenvalue weighted by Gasteiger charge is 2.18. The summed E-state index contributed by atoms with van der Waals surface area (Å²) in [7, 11) is 0. The quantitative estimate of drug-likeness (QED) is 0.853.